The van der Waals surface area contributed by atoms with Crippen molar-refractivity contribution in [3.8, 4) is 0 Å². The van der Waals surface area contributed by atoms with Gasteiger partial charge in [0.25, 0.3) is 10.2 Å². The second-order valence-corrected chi connectivity index (χ2v) is 8.36. The summed E-state index contributed by atoms with van der Waals surface area (Å²) in [5.74, 6) is 0.237. The fraction of sp³-hybridized carbons (Fsp3) is 0.625. The molecule has 2 aliphatic rings. The van der Waals surface area contributed by atoms with Gasteiger partial charge in [0.1, 0.15) is 5.82 Å². The van der Waals surface area contributed by atoms with E-state index in [0.29, 0.717) is 44.2 Å². The van der Waals surface area contributed by atoms with Crippen LogP contribution in [0.2, 0.25) is 0 Å². The van der Waals surface area contributed by atoms with Crippen LogP contribution in [0.5, 0.6) is 0 Å². The number of piperazine rings is 1. The molecule has 0 spiro atoms. The molecule has 5 nitrogen and oxygen atoms in total. The highest BCUT2D eigenvalue weighted by molar-refractivity contribution is 7.86. The Morgan fingerprint density at radius 1 is 1.21 bits per heavy atom. The summed E-state index contributed by atoms with van der Waals surface area (Å²) < 4.78 is 42.8. The van der Waals surface area contributed by atoms with E-state index in [1.54, 1.807) is 16.4 Å². The Bertz CT molecular complexity index is 650. The Labute approximate surface area is 149 Å². The molecule has 24 heavy (non-hydrogen) atoms. The van der Waals surface area contributed by atoms with Crippen molar-refractivity contribution >= 4 is 22.6 Å². The quantitative estimate of drug-likeness (QED) is 0.878. The van der Waals surface area contributed by atoms with Crippen LogP contribution in [0.4, 0.5) is 4.39 Å². The molecular formula is C16H25ClFN3O2S. The summed E-state index contributed by atoms with van der Waals surface area (Å²) in [5.41, 5.74) is 0.700. The number of rotatable bonds is 3. The molecule has 0 bridgehead atoms. The molecule has 2 heterocycles. The van der Waals surface area contributed by atoms with Gasteiger partial charge in [-0.3, -0.25) is 0 Å². The summed E-state index contributed by atoms with van der Waals surface area (Å²) in [6.07, 6.45) is 1.80. The topological polar surface area (TPSA) is 52.7 Å². The van der Waals surface area contributed by atoms with E-state index >= 15 is 0 Å². The fourth-order valence-corrected chi connectivity index (χ4v) is 5.13. The first-order valence-corrected chi connectivity index (χ1v) is 9.61. The van der Waals surface area contributed by atoms with Crippen LogP contribution < -0.4 is 5.32 Å². The molecule has 3 rings (SSSR count). The van der Waals surface area contributed by atoms with E-state index in [1.807, 2.05) is 0 Å². The average Bonchev–Trinajstić information content (AvgIpc) is 2.55. The molecule has 1 unspecified atom stereocenters. The van der Waals surface area contributed by atoms with Crippen molar-refractivity contribution in [2.45, 2.75) is 25.8 Å². The smallest absolute Gasteiger partial charge is 0.282 e. The monoisotopic (exact) mass is 377 g/mol. The Balaban J connectivity index is 0.00000208. The molecular weight excluding hydrogens is 353 g/mol. The maximum atomic E-state index is 13.5. The highest BCUT2D eigenvalue weighted by Gasteiger charge is 2.38. The lowest BCUT2D eigenvalue weighted by Gasteiger charge is -2.40. The van der Waals surface area contributed by atoms with Gasteiger partial charge in [0, 0.05) is 32.7 Å². The van der Waals surface area contributed by atoms with Crippen molar-refractivity contribution in [2.75, 3.05) is 32.7 Å². The van der Waals surface area contributed by atoms with Crippen LogP contribution in [-0.2, 0) is 10.2 Å². The fourth-order valence-electron chi connectivity index (χ4n) is 3.32. The average molecular weight is 378 g/mol. The minimum Gasteiger partial charge on any atom is -0.313 e. The molecule has 0 radical (unpaired) electrons. The van der Waals surface area contributed by atoms with Gasteiger partial charge in [0.2, 0.25) is 0 Å². The zero-order valence-electron chi connectivity index (χ0n) is 13.8. The predicted molar refractivity (Wildman–Crippen MR) is 94.9 cm³/mol. The predicted octanol–water partition coefficient (Wildman–Crippen LogP) is 2.17. The highest BCUT2D eigenvalue weighted by atomic mass is 35.5. The summed E-state index contributed by atoms with van der Waals surface area (Å²) in [4.78, 5) is 0. The first-order chi connectivity index (χ1) is 11.0. The van der Waals surface area contributed by atoms with E-state index in [2.05, 4.69) is 12.2 Å². The third-order valence-corrected chi connectivity index (χ3v) is 6.84. The minimum absolute atomic E-state index is 0. The molecule has 2 saturated heterocycles. The van der Waals surface area contributed by atoms with Crippen molar-refractivity contribution < 1.29 is 12.8 Å². The van der Waals surface area contributed by atoms with Crippen LogP contribution >= 0.6 is 12.4 Å². The first kappa shape index (κ1) is 19.6. The van der Waals surface area contributed by atoms with Gasteiger partial charge in [-0.25, -0.2) is 4.39 Å². The number of piperidine rings is 1. The Morgan fingerprint density at radius 3 is 2.58 bits per heavy atom. The molecule has 8 heteroatoms. The lowest BCUT2D eigenvalue weighted by atomic mass is 10.0. The summed E-state index contributed by atoms with van der Waals surface area (Å²) in [5, 5.41) is 3.22. The molecule has 1 N–H and O–H groups in total. The van der Waals surface area contributed by atoms with Crippen molar-refractivity contribution in [3.63, 3.8) is 0 Å². The summed E-state index contributed by atoms with van der Waals surface area (Å²) in [6, 6.07) is 5.88. The highest BCUT2D eigenvalue weighted by Crippen LogP contribution is 2.29. The number of halogens is 2. The van der Waals surface area contributed by atoms with Gasteiger partial charge < -0.3 is 5.32 Å². The van der Waals surface area contributed by atoms with Crippen molar-refractivity contribution in [2.24, 2.45) is 5.92 Å². The largest absolute Gasteiger partial charge is 0.313 e. The van der Waals surface area contributed by atoms with Gasteiger partial charge in [-0.05, 0) is 36.5 Å². The van der Waals surface area contributed by atoms with Gasteiger partial charge in [0.05, 0.1) is 6.04 Å². The number of nitrogens with one attached hydrogen (secondary N) is 1. The van der Waals surface area contributed by atoms with Crippen molar-refractivity contribution in [1.82, 2.24) is 13.9 Å². The second-order valence-electron chi connectivity index (χ2n) is 6.47. The van der Waals surface area contributed by atoms with Gasteiger partial charge in [-0.1, -0.05) is 19.1 Å². The second kappa shape index (κ2) is 8.10. The van der Waals surface area contributed by atoms with Crippen molar-refractivity contribution in [1.29, 1.82) is 0 Å². The van der Waals surface area contributed by atoms with Gasteiger partial charge in [-0.2, -0.15) is 17.0 Å². The van der Waals surface area contributed by atoms with E-state index in [9.17, 15) is 12.8 Å². The molecule has 0 amide bonds. The van der Waals surface area contributed by atoms with Crippen LogP contribution in [0, 0.1) is 11.7 Å². The summed E-state index contributed by atoms with van der Waals surface area (Å²) >= 11 is 0. The van der Waals surface area contributed by atoms with E-state index in [4.69, 9.17) is 0 Å². The van der Waals surface area contributed by atoms with E-state index in [0.717, 1.165) is 12.8 Å². The maximum absolute atomic E-state index is 13.5. The van der Waals surface area contributed by atoms with Gasteiger partial charge >= 0.3 is 0 Å². The lowest BCUT2D eigenvalue weighted by Crippen LogP contribution is -2.54. The zero-order valence-corrected chi connectivity index (χ0v) is 15.5. The van der Waals surface area contributed by atoms with Crippen LogP contribution in [0.3, 0.4) is 0 Å². The number of hydrogen-bond acceptors (Lipinski definition) is 3. The molecule has 2 fully saturated rings. The van der Waals surface area contributed by atoms with E-state index in [-0.39, 0.29) is 24.3 Å². The molecule has 0 saturated carbocycles. The standard InChI is InChI=1S/C16H24FN3O2S.ClH/c1-13-5-8-19(9-6-13)23(21,22)20-10-7-18-12-16(20)14-3-2-4-15(17)11-14;/h2-4,11,13,16,18H,5-10,12H2,1H3;1H. The molecule has 136 valence electrons. The molecule has 1 aromatic carbocycles. The van der Waals surface area contributed by atoms with Crippen LogP contribution in [0.1, 0.15) is 31.4 Å². The number of hydrogen-bond donors (Lipinski definition) is 1. The van der Waals surface area contributed by atoms with E-state index in [1.165, 1.54) is 16.4 Å². The number of nitrogens with zero attached hydrogens (tertiary/aromatic N) is 2. The van der Waals surface area contributed by atoms with Crippen LogP contribution in [0.25, 0.3) is 0 Å². The first-order valence-electron chi connectivity index (χ1n) is 8.21. The lowest BCUT2D eigenvalue weighted by molar-refractivity contribution is 0.223. The molecule has 2 aliphatic heterocycles. The SMILES string of the molecule is CC1CCN(S(=O)(=O)N2CCNCC2c2cccc(F)c2)CC1.Cl. The molecule has 0 aromatic heterocycles. The van der Waals surface area contributed by atoms with Crippen LogP contribution in [-0.4, -0.2) is 49.8 Å². The van der Waals surface area contributed by atoms with Crippen molar-refractivity contribution in [3.05, 3.63) is 35.6 Å². The Hall–Kier alpha value is -0.730. The zero-order chi connectivity index (χ0) is 16.4. The molecule has 0 aliphatic carbocycles. The van der Waals surface area contributed by atoms with Gasteiger partial charge in [0.15, 0.2) is 0 Å². The van der Waals surface area contributed by atoms with Gasteiger partial charge in [-0.15, -0.1) is 12.4 Å². The van der Waals surface area contributed by atoms with E-state index < -0.39 is 10.2 Å². The maximum Gasteiger partial charge on any atom is 0.282 e. The van der Waals surface area contributed by atoms with Crippen LogP contribution in [0.15, 0.2) is 24.3 Å². The normalized spacial score (nSPS) is 24.5. The molecule has 1 atom stereocenters. The third kappa shape index (κ3) is 4.08. The summed E-state index contributed by atoms with van der Waals surface area (Å²) in [6.45, 7) is 4.84. The third-order valence-electron chi connectivity index (χ3n) is 4.79. The Morgan fingerprint density at radius 2 is 1.92 bits per heavy atom. The molecule has 1 aromatic rings. The number of benzene rings is 1. The summed E-state index contributed by atoms with van der Waals surface area (Å²) in [7, 11) is -3.51. The Kier molecular flexibility index (Phi) is 6.61. The minimum atomic E-state index is -3.51.